The molecule has 2 aromatic carbocycles. The van der Waals surface area contributed by atoms with Gasteiger partial charge in [-0.2, -0.15) is 0 Å². The van der Waals surface area contributed by atoms with Gasteiger partial charge < -0.3 is 31.9 Å². The Kier molecular flexibility index (Phi) is 9.91. The number of hydrogen-bond acceptors (Lipinski definition) is 10. The molecule has 6 N–H and O–H groups in total. The van der Waals surface area contributed by atoms with Gasteiger partial charge in [-0.15, -0.1) is 0 Å². The number of rotatable bonds is 0. The van der Waals surface area contributed by atoms with Gasteiger partial charge in [-0.3, -0.25) is 0 Å². The summed E-state index contributed by atoms with van der Waals surface area (Å²) in [5, 5.41) is 25.6. The predicted octanol–water partition coefficient (Wildman–Crippen LogP) is 3.13. The van der Waals surface area contributed by atoms with Crippen molar-refractivity contribution in [2.75, 3.05) is 52.4 Å². The summed E-state index contributed by atoms with van der Waals surface area (Å²) < 4.78 is 0. The Morgan fingerprint density at radius 2 is 0.500 bits per heavy atom. The van der Waals surface area contributed by atoms with Crippen molar-refractivity contribution in [2.24, 2.45) is 0 Å². The van der Waals surface area contributed by atoms with Crippen LogP contribution >= 0.6 is 0 Å². The second kappa shape index (κ2) is 15.0. The largest absolute Gasteiger partial charge is 0.314 e. The fraction of sp³-hybridized carbons (Fsp3) is 0.333. The van der Waals surface area contributed by atoms with Crippen LogP contribution < -0.4 is 31.9 Å². The van der Waals surface area contributed by atoms with E-state index in [1.807, 2.05) is 0 Å². The van der Waals surface area contributed by atoms with Gasteiger partial charge in [0.05, 0.1) is 44.8 Å². The SMILES string of the molecule is c1cc2ccc3ccc4nc3c2nc1CNCCNCCNCc1ccc2ccc3ccc(nc3c2n1)CNCCNCCNC4. The molecule has 4 aromatic heterocycles. The van der Waals surface area contributed by atoms with Crippen molar-refractivity contribution in [2.45, 2.75) is 26.2 Å². The molecule has 5 heterocycles. The van der Waals surface area contributed by atoms with Crippen molar-refractivity contribution in [3.05, 3.63) is 95.6 Å². The molecule has 0 amide bonds. The molecule has 46 heavy (non-hydrogen) atoms. The van der Waals surface area contributed by atoms with Gasteiger partial charge in [-0.1, -0.05) is 48.5 Å². The van der Waals surface area contributed by atoms with Crippen LogP contribution in [0.3, 0.4) is 0 Å². The highest BCUT2D eigenvalue weighted by atomic mass is 15.0. The van der Waals surface area contributed by atoms with Gasteiger partial charge in [0.2, 0.25) is 0 Å². The van der Waals surface area contributed by atoms with E-state index in [0.717, 1.165) is 119 Å². The molecule has 6 aromatic rings. The average Bonchev–Trinajstić information content (AvgIpc) is 3.09. The first-order valence-electron chi connectivity index (χ1n) is 16.4. The van der Waals surface area contributed by atoms with Crippen LogP contribution in [0.4, 0.5) is 0 Å². The van der Waals surface area contributed by atoms with Crippen LogP contribution in [0.25, 0.3) is 43.6 Å². The molecule has 10 nitrogen and oxygen atoms in total. The number of aromatic nitrogens is 4. The van der Waals surface area contributed by atoms with Crippen LogP contribution in [0.5, 0.6) is 0 Å². The molecule has 0 saturated carbocycles. The summed E-state index contributed by atoms with van der Waals surface area (Å²) in [6, 6.07) is 25.6. The number of nitrogens with one attached hydrogen (secondary N) is 6. The number of hydrogen-bond donors (Lipinski definition) is 6. The first-order chi connectivity index (χ1) is 22.8. The summed E-state index contributed by atoms with van der Waals surface area (Å²) in [6.07, 6.45) is 0. The summed E-state index contributed by atoms with van der Waals surface area (Å²) in [5.41, 5.74) is 7.94. The van der Waals surface area contributed by atoms with Gasteiger partial charge in [0, 0.05) is 100 Å². The number of fused-ring (bicyclic) bond motifs is 4. The maximum atomic E-state index is 5.01. The molecule has 0 atom stereocenters. The normalized spacial score (nSPS) is 16.9. The minimum atomic E-state index is 0.717. The molecule has 1 aliphatic rings. The van der Waals surface area contributed by atoms with Crippen molar-refractivity contribution >= 4 is 43.6 Å². The molecule has 0 spiro atoms. The predicted molar refractivity (Wildman–Crippen MR) is 187 cm³/mol. The average molecular weight is 615 g/mol. The lowest BCUT2D eigenvalue weighted by molar-refractivity contribution is 0.576. The third kappa shape index (κ3) is 7.45. The van der Waals surface area contributed by atoms with Crippen molar-refractivity contribution in [1.82, 2.24) is 51.8 Å². The van der Waals surface area contributed by atoms with E-state index in [4.69, 9.17) is 19.9 Å². The van der Waals surface area contributed by atoms with E-state index in [-0.39, 0.29) is 0 Å². The molecule has 0 unspecified atom stereocenters. The highest BCUT2D eigenvalue weighted by Crippen LogP contribution is 2.24. The Labute approximate surface area is 269 Å². The standard InChI is InChI=1S/C36H42N10/c1-2-26-6-10-30-22-40-18-14-38-16-20-42-24-32-12-8-28-4-3-27-7-11-31(45-35(27)36(28)46-32)23-41-19-15-37-13-17-39-21-29-9-5-25(1)33(43-29)34(26)44-30/h1-12,37-42H,13-24H2. The van der Waals surface area contributed by atoms with Gasteiger partial charge in [-0.25, -0.2) is 19.9 Å². The zero-order valence-electron chi connectivity index (χ0n) is 26.2. The van der Waals surface area contributed by atoms with E-state index in [2.05, 4.69) is 105 Å². The Bertz CT molecular complexity index is 1660. The lowest BCUT2D eigenvalue weighted by Crippen LogP contribution is -2.32. The second-order valence-corrected chi connectivity index (χ2v) is 11.8. The van der Waals surface area contributed by atoms with E-state index in [9.17, 15) is 0 Å². The van der Waals surface area contributed by atoms with Crippen molar-refractivity contribution < 1.29 is 0 Å². The Morgan fingerprint density at radius 1 is 0.283 bits per heavy atom. The van der Waals surface area contributed by atoms with Gasteiger partial charge in [0.15, 0.2) is 0 Å². The van der Waals surface area contributed by atoms with Crippen LogP contribution in [-0.2, 0) is 26.2 Å². The summed E-state index contributed by atoms with van der Waals surface area (Å²) in [5.74, 6) is 0. The topological polar surface area (TPSA) is 124 Å². The van der Waals surface area contributed by atoms with E-state index < -0.39 is 0 Å². The van der Waals surface area contributed by atoms with E-state index in [1.54, 1.807) is 0 Å². The fourth-order valence-electron chi connectivity index (χ4n) is 5.91. The zero-order chi connectivity index (χ0) is 31.0. The summed E-state index contributed by atoms with van der Waals surface area (Å²) in [6.45, 7) is 9.85. The lowest BCUT2D eigenvalue weighted by Gasteiger charge is -2.11. The van der Waals surface area contributed by atoms with Crippen LogP contribution in [0, 0.1) is 0 Å². The Hall–Kier alpha value is -4.16. The highest BCUT2D eigenvalue weighted by Gasteiger charge is 2.09. The molecular formula is C36H42N10. The van der Waals surface area contributed by atoms with Crippen LogP contribution in [0.15, 0.2) is 72.8 Å². The number of benzene rings is 2. The molecule has 236 valence electrons. The molecule has 8 bridgehead atoms. The smallest absolute Gasteiger partial charge is 0.0968 e. The molecule has 0 fully saturated rings. The van der Waals surface area contributed by atoms with Gasteiger partial charge in [0.25, 0.3) is 0 Å². The monoisotopic (exact) mass is 614 g/mol. The van der Waals surface area contributed by atoms with Crippen LogP contribution in [0.2, 0.25) is 0 Å². The summed E-state index contributed by atoms with van der Waals surface area (Å²) >= 11 is 0. The molecule has 7 rings (SSSR count). The van der Waals surface area contributed by atoms with Crippen molar-refractivity contribution in [1.29, 1.82) is 0 Å². The minimum Gasteiger partial charge on any atom is -0.314 e. The Balaban J connectivity index is 1.03. The fourth-order valence-corrected chi connectivity index (χ4v) is 5.91. The minimum absolute atomic E-state index is 0.717. The maximum absolute atomic E-state index is 5.01. The third-order valence-electron chi connectivity index (χ3n) is 8.41. The van der Waals surface area contributed by atoms with Gasteiger partial charge in [-0.05, 0) is 24.3 Å². The van der Waals surface area contributed by atoms with E-state index in [1.165, 1.54) is 0 Å². The first-order valence-corrected chi connectivity index (χ1v) is 16.4. The van der Waals surface area contributed by atoms with Crippen LogP contribution in [0.1, 0.15) is 22.8 Å². The van der Waals surface area contributed by atoms with E-state index >= 15 is 0 Å². The molecule has 1 aliphatic heterocycles. The number of pyridine rings is 4. The van der Waals surface area contributed by atoms with Crippen LogP contribution in [-0.4, -0.2) is 72.3 Å². The van der Waals surface area contributed by atoms with Gasteiger partial charge in [0.1, 0.15) is 0 Å². The molecule has 0 radical (unpaired) electrons. The zero-order valence-corrected chi connectivity index (χ0v) is 26.2. The third-order valence-corrected chi connectivity index (χ3v) is 8.41. The molecule has 0 saturated heterocycles. The lowest BCUT2D eigenvalue weighted by atomic mass is 10.1. The second-order valence-electron chi connectivity index (χ2n) is 11.8. The quantitative estimate of drug-likeness (QED) is 0.142. The first kappa shape index (κ1) is 30.5. The summed E-state index contributed by atoms with van der Waals surface area (Å²) in [4.78, 5) is 20.0. The van der Waals surface area contributed by atoms with Gasteiger partial charge >= 0.3 is 0 Å². The Morgan fingerprint density at radius 3 is 0.761 bits per heavy atom. The van der Waals surface area contributed by atoms with Crippen molar-refractivity contribution in [3.8, 4) is 0 Å². The maximum Gasteiger partial charge on any atom is 0.0968 e. The molecule has 10 heteroatoms. The van der Waals surface area contributed by atoms with Crippen molar-refractivity contribution in [3.63, 3.8) is 0 Å². The molecule has 0 aliphatic carbocycles. The number of nitrogens with zero attached hydrogens (tertiary/aromatic N) is 4. The highest BCUT2D eigenvalue weighted by molar-refractivity contribution is 6.03. The van der Waals surface area contributed by atoms with E-state index in [0.29, 0.717) is 26.2 Å². The summed E-state index contributed by atoms with van der Waals surface area (Å²) in [7, 11) is 0. The molecular weight excluding hydrogens is 572 g/mol.